The molecule has 0 amide bonds. The van der Waals surface area contributed by atoms with Gasteiger partial charge in [0, 0.05) is 0 Å². The van der Waals surface area contributed by atoms with E-state index in [1.165, 1.54) is 10.7 Å². The van der Waals surface area contributed by atoms with Crippen molar-refractivity contribution in [2.45, 2.75) is 46.1 Å². The van der Waals surface area contributed by atoms with Crippen molar-refractivity contribution in [1.82, 2.24) is 9.78 Å². The quantitative estimate of drug-likeness (QED) is 0.515. The van der Waals surface area contributed by atoms with E-state index in [1.54, 1.807) is 18.2 Å². The minimum absolute atomic E-state index is 0.0104. The second-order valence-corrected chi connectivity index (χ2v) is 6.77. The molecule has 0 spiro atoms. The van der Waals surface area contributed by atoms with Crippen LogP contribution in [0.2, 0.25) is 0 Å². The Hall–Kier alpha value is -2.50. The number of anilines is 1. The summed E-state index contributed by atoms with van der Waals surface area (Å²) < 4.78 is 6.95. The third kappa shape index (κ3) is 3.83. The van der Waals surface area contributed by atoms with Crippen LogP contribution in [0.15, 0.2) is 24.3 Å². The van der Waals surface area contributed by atoms with E-state index in [2.05, 4.69) is 5.10 Å². The van der Waals surface area contributed by atoms with Gasteiger partial charge in [-0.1, -0.05) is 13.8 Å². The lowest BCUT2D eigenvalue weighted by molar-refractivity contribution is 0.00594. The summed E-state index contributed by atoms with van der Waals surface area (Å²) >= 11 is 0. The number of esters is 1. The maximum atomic E-state index is 12.5. The molecule has 0 aliphatic heterocycles. The number of ether oxygens (including phenoxy) is 1. The molecule has 0 atom stereocenters. The summed E-state index contributed by atoms with van der Waals surface area (Å²) in [7, 11) is 0. The fourth-order valence-corrected chi connectivity index (χ4v) is 2.03. The highest BCUT2D eigenvalue weighted by Crippen LogP contribution is 2.26. The number of carbonyl (C=O) groups is 1. The lowest BCUT2D eigenvalue weighted by Gasteiger charge is -2.19. The Bertz CT molecular complexity index is 727. The number of nitrogens with two attached hydrogens (primary N) is 1. The lowest BCUT2D eigenvalue weighted by atomic mass is 10.1. The van der Waals surface area contributed by atoms with E-state index >= 15 is 0 Å². The van der Waals surface area contributed by atoms with Crippen molar-refractivity contribution >= 4 is 11.7 Å². The summed E-state index contributed by atoms with van der Waals surface area (Å²) in [4.78, 5) is 12.5. The number of hydrogen-bond acceptors (Lipinski definition) is 5. The SMILES string of the molecule is CC(C)c1cc(C(=O)OC(C)(C)C)n(-c2ccc(O)c(N)c2)n1. The Labute approximate surface area is 135 Å². The van der Waals surface area contributed by atoms with Crippen LogP contribution in [0.4, 0.5) is 5.69 Å². The molecule has 0 aliphatic rings. The summed E-state index contributed by atoms with van der Waals surface area (Å²) in [5.41, 5.74) is 7.06. The molecule has 0 bridgehead atoms. The Kier molecular flexibility index (Phi) is 4.36. The highest BCUT2D eigenvalue weighted by atomic mass is 16.6. The molecule has 6 heteroatoms. The van der Waals surface area contributed by atoms with Crippen LogP contribution >= 0.6 is 0 Å². The van der Waals surface area contributed by atoms with Crippen LogP contribution in [-0.2, 0) is 4.74 Å². The zero-order valence-corrected chi connectivity index (χ0v) is 14.1. The number of phenolic OH excluding ortho intramolecular Hbond substituents is 1. The van der Waals surface area contributed by atoms with E-state index < -0.39 is 11.6 Å². The van der Waals surface area contributed by atoms with Crippen molar-refractivity contribution in [1.29, 1.82) is 0 Å². The van der Waals surface area contributed by atoms with Crippen LogP contribution in [0.3, 0.4) is 0 Å². The smallest absolute Gasteiger partial charge is 0.357 e. The van der Waals surface area contributed by atoms with Gasteiger partial charge in [-0.3, -0.25) is 0 Å². The van der Waals surface area contributed by atoms with E-state index in [1.807, 2.05) is 34.6 Å². The largest absolute Gasteiger partial charge is 0.506 e. The van der Waals surface area contributed by atoms with Gasteiger partial charge in [0.25, 0.3) is 0 Å². The molecule has 1 aromatic carbocycles. The van der Waals surface area contributed by atoms with Crippen molar-refractivity contribution in [3.05, 3.63) is 35.7 Å². The number of aromatic hydroxyl groups is 1. The Morgan fingerprint density at radius 2 is 1.96 bits per heavy atom. The van der Waals surface area contributed by atoms with Gasteiger partial charge in [-0.15, -0.1) is 0 Å². The Balaban J connectivity index is 2.53. The van der Waals surface area contributed by atoms with Gasteiger partial charge in [0.15, 0.2) is 5.69 Å². The van der Waals surface area contributed by atoms with E-state index in [0.717, 1.165) is 5.69 Å². The molecule has 3 N–H and O–H groups in total. The highest BCUT2D eigenvalue weighted by Gasteiger charge is 2.24. The third-order valence-corrected chi connectivity index (χ3v) is 3.18. The first-order valence-electron chi connectivity index (χ1n) is 7.50. The fourth-order valence-electron chi connectivity index (χ4n) is 2.03. The average Bonchev–Trinajstić information content (AvgIpc) is 2.85. The van der Waals surface area contributed by atoms with Gasteiger partial charge in [-0.2, -0.15) is 5.10 Å². The molecule has 1 aromatic heterocycles. The van der Waals surface area contributed by atoms with Crippen molar-refractivity contribution in [3.8, 4) is 11.4 Å². The first kappa shape index (κ1) is 16.9. The molecule has 1 heterocycles. The van der Waals surface area contributed by atoms with Crippen LogP contribution in [0.1, 0.15) is 56.7 Å². The van der Waals surface area contributed by atoms with Gasteiger partial charge in [0.1, 0.15) is 11.4 Å². The molecule has 0 radical (unpaired) electrons. The molecule has 0 saturated heterocycles. The predicted octanol–water partition coefficient (Wildman–Crippen LogP) is 3.24. The molecular formula is C17H23N3O3. The number of phenols is 1. The topological polar surface area (TPSA) is 90.4 Å². The number of hydrogen-bond donors (Lipinski definition) is 2. The maximum absolute atomic E-state index is 12.5. The average molecular weight is 317 g/mol. The predicted molar refractivity (Wildman–Crippen MR) is 88.9 cm³/mol. The van der Waals surface area contributed by atoms with Crippen LogP contribution in [0.25, 0.3) is 5.69 Å². The van der Waals surface area contributed by atoms with Gasteiger partial charge >= 0.3 is 5.97 Å². The molecule has 2 rings (SSSR count). The number of nitrogen functional groups attached to an aromatic ring is 1. The molecular weight excluding hydrogens is 294 g/mol. The second-order valence-electron chi connectivity index (χ2n) is 6.77. The summed E-state index contributed by atoms with van der Waals surface area (Å²) in [5, 5.41) is 14.0. The van der Waals surface area contributed by atoms with E-state index in [-0.39, 0.29) is 17.4 Å². The monoisotopic (exact) mass is 317 g/mol. The van der Waals surface area contributed by atoms with Crippen molar-refractivity contribution in [3.63, 3.8) is 0 Å². The Morgan fingerprint density at radius 1 is 1.30 bits per heavy atom. The molecule has 0 aliphatic carbocycles. The van der Waals surface area contributed by atoms with E-state index in [9.17, 15) is 9.90 Å². The molecule has 0 saturated carbocycles. The number of benzene rings is 1. The lowest BCUT2D eigenvalue weighted by Crippen LogP contribution is -2.25. The van der Waals surface area contributed by atoms with E-state index in [4.69, 9.17) is 10.5 Å². The number of carbonyl (C=O) groups excluding carboxylic acids is 1. The van der Waals surface area contributed by atoms with Crippen molar-refractivity contribution < 1.29 is 14.6 Å². The fraction of sp³-hybridized carbons (Fsp3) is 0.412. The highest BCUT2D eigenvalue weighted by molar-refractivity contribution is 5.89. The zero-order valence-electron chi connectivity index (χ0n) is 14.1. The molecule has 0 fully saturated rings. The van der Waals surface area contributed by atoms with Gasteiger partial charge in [0.2, 0.25) is 0 Å². The summed E-state index contributed by atoms with van der Waals surface area (Å²) in [6.45, 7) is 9.43. The molecule has 2 aromatic rings. The van der Waals surface area contributed by atoms with Gasteiger partial charge in [-0.25, -0.2) is 9.48 Å². The van der Waals surface area contributed by atoms with Gasteiger partial charge < -0.3 is 15.6 Å². The number of rotatable bonds is 3. The van der Waals surface area contributed by atoms with Crippen LogP contribution in [-0.4, -0.2) is 26.5 Å². The van der Waals surface area contributed by atoms with Crippen LogP contribution < -0.4 is 5.73 Å². The minimum Gasteiger partial charge on any atom is -0.506 e. The Morgan fingerprint density at radius 3 is 2.48 bits per heavy atom. The van der Waals surface area contributed by atoms with Crippen molar-refractivity contribution in [2.24, 2.45) is 0 Å². The summed E-state index contributed by atoms with van der Waals surface area (Å²) in [5.74, 6) is -0.306. The number of aromatic nitrogens is 2. The second kappa shape index (κ2) is 5.95. The first-order chi connectivity index (χ1) is 10.6. The van der Waals surface area contributed by atoms with Crippen LogP contribution in [0, 0.1) is 0 Å². The standard InChI is InChI=1S/C17H23N3O3/c1-10(2)13-9-14(16(22)23-17(3,4)5)20(19-13)11-6-7-15(21)12(18)8-11/h6-10,21H,18H2,1-5H3. The molecule has 124 valence electrons. The summed E-state index contributed by atoms with van der Waals surface area (Å²) in [6, 6.07) is 6.42. The molecule has 6 nitrogen and oxygen atoms in total. The van der Waals surface area contributed by atoms with Gasteiger partial charge in [-0.05, 0) is 51.0 Å². The van der Waals surface area contributed by atoms with Gasteiger partial charge in [0.05, 0.1) is 17.1 Å². The number of nitrogens with zero attached hydrogens (tertiary/aromatic N) is 2. The van der Waals surface area contributed by atoms with E-state index in [0.29, 0.717) is 11.4 Å². The minimum atomic E-state index is -0.599. The third-order valence-electron chi connectivity index (χ3n) is 3.18. The molecule has 23 heavy (non-hydrogen) atoms. The van der Waals surface area contributed by atoms with Crippen molar-refractivity contribution in [2.75, 3.05) is 5.73 Å². The summed E-state index contributed by atoms with van der Waals surface area (Å²) in [6.07, 6.45) is 0. The molecule has 0 unspecified atom stereocenters. The van der Waals surface area contributed by atoms with Crippen LogP contribution in [0.5, 0.6) is 5.75 Å². The first-order valence-corrected chi connectivity index (χ1v) is 7.50. The maximum Gasteiger partial charge on any atom is 0.357 e. The normalized spacial score (nSPS) is 11.7. The zero-order chi connectivity index (χ0) is 17.4.